The van der Waals surface area contributed by atoms with Gasteiger partial charge in [0.15, 0.2) is 0 Å². The molecule has 25 heavy (non-hydrogen) atoms. The quantitative estimate of drug-likeness (QED) is 0.602. The maximum absolute atomic E-state index is 12.4. The number of carbonyl (C=O) groups excluding carboxylic acids is 1. The van der Waals surface area contributed by atoms with Crippen molar-refractivity contribution in [3.05, 3.63) is 59.1 Å². The van der Waals surface area contributed by atoms with Gasteiger partial charge in [-0.05, 0) is 38.1 Å². The van der Waals surface area contributed by atoms with Crippen LogP contribution in [-0.4, -0.2) is 21.4 Å². The summed E-state index contributed by atoms with van der Waals surface area (Å²) in [5.41, 5.74) is 2.12. The Balaban J connectivity index is 1.62. The van der Waals surface area contributed by atoms with Gasteiger partial charge < -0.3 is 0 Å². The second-order valence-corrected chi connectivity index (χ2v) is 8.31. The predicted molar refractivity (Wildman–Crippen MR) is 105 cm³/mol. The zero-order chi connectivity index (χ0) is 17.8. The van der Waals surface area contributed by atoms with E-state index in [1.807, 2.05) is 50.2 Å². The zero-order valence-corrected chi connectivity index (χ0v) is 16.1. The van der Waals surface area contributed by atoms with Crippen LogP contribution in [0.2, 0.25) is 5.02 Å². The number of rotatable bonds is 5. The Morgan fingerprint density at radius 1 is 1.12 bits per heavy atom. The number of hydrogen-bond acceptors (Lipinski definition) is 5. The van der Waals surface area contributed by atoms with Gasteiger partial charge >= 0.3 is 0 Å². The summed E-state index contributed by atoms with van der Waals surface area (Å²) in [6.07, 6.45) is 0. The molecule has 1 atom stereocenters. The van der Waals surface area contributed by atoms with Crippen molar-refractivity contribution < 1.29 is 4.79 Å². The molecule has 0 unspecified atom stereocenters. The second kappa shape index (κ2) is 7.99. The van der Waals surface area contributed by atoms with Gasteiger partial charge in [-0.2, -0.15) is 0 Å². The Hall–Kier alpha value is -1.89. The zero-order valence-electron chi connectivity index (χ0n) is 13.7. The van der Waals surface area contributed by atoms with E-state index in [0.717, 1.165) is 15.5 Å². The molecular weight excluding hydrogens is 374 g/mol. The third-order valence-corrected chi connectivity index (χ3v) is 5.70. The van der Waals surface area contributed by atoms with Crippen molar-refractivity contribution in [1.29, 1.82) is 0 Å². The van der Waals surface area contributed by atoms with Gasteiger partial charge in [-0.3, -0.25) is 10.1 Å². The molecule has 4 nitrogen and oxygen atoms in total. The minimum Gasteiger partial charge on any atom is -0.300 e. The molecule has 128 valence electrons. The number of thioether (sulfide) groups is 1. The summed E-state index contributed by atoms with van der Waals surface area (Å²) >= 11 is 8.74. The molecule has 0 bridgehead atoms. The molecule has 7 heteroatoms. The summed E-state index contributed by atoms with van der Waals surface area (Å²) in [7, 11) is 0. The number of benzene rings is 2. The molecule has 3 aromatic rings. The molecule has 2 aromatic carbocycles. The Labute approximate surface area is 159 Å². The van der Waals surface area contributed by atoms with E-state index in [0.29, 0.717) is 10.2 Å². The molecule has 1 aromatic heterocycles. The number of nitrogens with one attached hydrogen (secondary N) is 1. The lowest BCUT2D eigenvalue weighted by Gasteiger charge is -2.10. The normalized spacial score (nSPS) is 12.0. The number of hydrogen-bond donors (Lipinski definition) is 1. The molecule has 1 N–H and O–H groups in total. The molecule has 0 aliphatic rings. The first-order valence-corrected chi connectivity index (χ1v) is 9.72. The number of halogens is 1. The lowest BCUT2D eigenvalue weighted by atomic mass is 10.2. The number of anilines is 1. The maximum Gasteiger partial charge on any atom is 0.239 e. The third-order valence-electron chi connectivity index (χ3n) is 3.45. The number of aryl methyl sites for hydroxylation is 1. The van der Waals surface area contributed by atoms with Crippen molar-refractivity contribution in [3.8, 4) is 10.6 Å². The van der Waals surface area contributed by atoms with Crippen molar-refractivity contribution in [2.24, 2.45) is 0 Å². The second-order valence-electron chi connectivity index (χ2n) is 5.48. The van der Waals surface area contributed by atoms with Crippen LogP contribution in [-0.2, 0) is 4.79 Å². The van der Waals surface area contributed by atoms with E-state index in [2.05, 4.69) is 15.5 Å². The predicted octanol–water partition coefficient (Wildman–Crippen LogP) is 5.29. The fourth-order valence-corrected chi connectivity index (χ4v) is 3.81. The van der Waals surface area contributed by atoms with Gasteiger partial charge in [0.25, 0.3) is 0 Å². The van der Waals surface area contributed by atoms with E-state index >= 15 is 0 Å². The molecule has 0 radical (unpaired) electrons. The number of aromatic nitrogens is 2. The van der Waals surface area contributed by atoms with E-state index in [1.165, 1.54) is 28.7 Å². The highest BCUT2D eigenvalue weighted by atomic mass is 35.5. The van der Waals surface area contributed by atoms with Crippen LogP contribution in [0.1, 0.15) is 12.5 Å². The molecule has 0 saturated carbocycles. The minimum absolute atomic E-state index is 0.0932. The van der Waals surface area contributed by atoms with Gasteiger partial charge in [0, 0.05) is 15.5 Å². The fraction of sp³-hybridized carbons (Fsp3) is 0.167. The number of amides is 1. The van der Waals surface area contributed by atoms with Crippen molar-refractivity contribution in [1.82, 2.24) is 10.2 Å². The maximum atomic E-state index is 12.4. The summed E-state index contributed by atoms with van der Waals surface area (Å²) in [4.78, 5) is 13.4. The molecule has 0 aliphatic heterocycles. The van der Waals surface area contributed by atoms with Gasteiger partial charge in [0.1, 0.15) is 5.01 Å². The third kappa shape index (κ3) is 4.81. The van der Waals surface area contributed by atoms with E-state index in [1.54, 1.807) is 12.1 Å². The lowest BCUT2D eigenvalue weighted by molar-refractivity contribution is -0.115. The van der Waals surface area contributed by atoms with Crippen LogP contribution in [0.4, 0.5) is 5.13 Å². The van der Waals surface area contributed by atoms with Crippen molar-refractivity contribution >= 4 is 45.7 Å². The van der Waals surface area contributed by atoms with Crippen LogP contribution in [0.5, 0.6) is 0 Å². The summed E-state index contributed by atoms with van der Waals surface area (Å²) < 4.78 is 0. The van der Waals surface area contributed by atoms with Gasteiger partial charge in [-0.1, -0.05) is 52.8 Å². The highest BCUT2D eigenvalue weighted by Gasteiger charge is 2.17. The van der Waals surface area contributed by atoms with Crippen LogP contribution in [0, 0.1) is 6.92 Å². The van der Waals surface area contributed by atoms with Gasteiger partial charge in [-0.25, -0.2) is 0 Å². The molecule has 1 amide bonds. The first-order valence-electron chi connectivity index (χ1n) is 7.65. The topological polar surface area (TPSA) is 54.9 Å². The molecule has 1 heterocycles. The molecule has 0 aliphatic carbocycles. The Kier molecular flexibility index (Phi) is 5.73. The molecule has 0 saturated heterocycles. The number of carbonyl (C=O) groups is 1. The Morgan fingerprint density at radius 2 is 1.80 bits per heavy atom. The van der Waals surface area contributed by atoms with E-state index in [-0.39, 0.29) is 11.2 Å². The average Bonchev–Trinajstić information content (AvgIpc) is 3.06. The van der Waals surface area contributed by atoms with Gasteiger partial charge in [0.2, 0.25) is 11.0 Å². The minimum atomic E-state index is -0.231. The van der Waals surface area contributed by atoms with Crippen LogP contribution < -0.4 is 5.32 Å². The van der Waals surface area contributed by atoms with Crippen LogP contribution in [0.25, 0.3) is 10.6 Å². The van der Waals surface area contributed by atoms with Gasteiger partial charge in [0.05, 0.1) is 5.25 Å². The fourth-order valence-electron chi connectivity index (χ4n) is 2.06. The summed E-state index contributed by atoms with van der Waals surface area (Å²) in [5.74, 6) is -0.0932. The van der Waals surface area contributed by atoms with Crippen molar-refractivity contribution in [3.63, 3.8) is 0 Å². The summed E-state index contributed by atoms with van der Waals surface area (Å²) in [6.45, 7) is 3.92. The average molecular weight is 390 g/mol. The largest absolute Gasteiger partial charge is 0.300 e. The Morgan fingerprint density at radius 3 is 2.48 bits per heavy atom. The first kappa shape index (κ1) is 17.9. The highest BCUT2D eigenvalue weighted by molar-refractivity contribution is 8.00. The highest BCUT2D eigenvalue weighted by Crippen LogP contribution is 2.29. The van der Waals surface area contributed by atoms with Crippen LogP contribution in [0.15, 0.2) is 53.4 Å². The van der Waals surface area contributed by atoms with E-state index in [4.69, 9.17) is 11.6 Å². The van der Waals surface area contributed by atoms with Crippen LogP contribution >= 0.6 is 34.7 Å². The monoisotopic (exact) mass is 389 g/mol. The molecule has 0 spiro atoms. The molecule has 3 rings (SSSR count). The first-order chi connectivity index (χ1) is 12.0. The molecule has 0 fully saturated rings. The van der Waals surface area contributed by atoms with Crippen molar-refractivity contribution in [2.45, 2.75) is 24.0 Å². The smallest absolute Gasteiger partial charge is 0.239 e. The van der Waals surface area contributed by atoms with Crippen LogP contribution in [0.3, 0.4) is 0 Å². The van der Waals surface area contributed by atoms with Crippen molar-refractivity contribution in [2.75, 3.05) is 5.32 Å². The lowest BCUT2D eigenvalue weighted by Crippen LogP contribution is -2.22. The number of nitrogens with zero attached hydrogens (tertiary/aromatic N) is 2. The standard InChI is InChI=1S/C18H16ClN3OS2/c1-11-3-9-15(10-4-11)24-12(2)16(23)20-18-22-21-17(25-18)13-5-7-14(19)8-6-13/h3-10,12H,1-2H3,(H,20,22,23)/t12-/m0/s1. The SMILES string of the molecule is Cc1ccc(S[C@@H](C)C(=O)Nc2nnc(-c3ccc(Cl)cc3)s2)cc1. The summed E-state index contributed by atoms with van der Waals surface area (Å²) in [5, 5.41) is 12.7. The van der Waals surface area contributed by atoms with E-state index in [9.17, 15) is 4.79 Å². The molecular formula is C18H16ClN3OS2. The summed E-state index contributed by atoms with van der Waals surface area (Å²) in [6, 6.07) is 15.5. The van der Waals surface area contributed by atoms with Gasteiger partial charge in [-0.15, -0.1) is 22.0 Å². The Bertz CT molecular complexity index is 863. The van der Waals surface area contributed by atoms with E-state index < -0.39 is 0 Å².